The number of benzene rings is 1. The fraction of sp³-hybridized carbons (Fsp3) is 0.636. The highest BCUT2D eigenvalue weighted by molar-refractivity contribution is 6.04. The lowest BCUT2D eigenvalue weighted by Crippen LogP contribution is -2.54. The van der Waals surface area contributed by atoms with E-state index in [2.05, 4.69) is 44.2 Å². The van der Waals surface area contributed by atoms with Gasteiger partial charge >= 0.3 is 0 Å². The number of carbonyl (C=O) groups excluding carboxylic acids is 2. The number of nitrogens with one attached hydrogen (secondary N) is 2. The van der Waals surface area contributed by atoms with Crippen molar-refractivity contribution in [2.24, 2.45) is 5.92 Å². The van der Waals surface area contributed by atoms with Crippen LogP contribution in [-0.4, -0.2) is 116 Å². The molecule has 1 saturated carbocycles. The standard InChI is InChI=1S/C33H48N8O4/c1-6-27-32(43)38(4)28-18-35-33(37-30(28)41(27)21(2)3)36-26-10-9-25(24-11-16-45-29(24)26)31(42)34-17-23(44-5)20-40-14-12-39(13-15-40)19-22-7-8-22/h9-10,18,21-23,27H,6-8,11-17,19-20H2,1-5H3,(H,34,42)(H,35,36,37)/t23-,27+/m0/s1. The van der Waals surface area contributed by atoms with E-state index in [4.69, 9.17) is 14.5 Å². The van der Waals surface area contributed by atoms with Crippen molar-refractivity contribution in [1.29, 1.82) is 0 Å². The van der Waals surface area contributed by atoms with Gasteiger partial charge in [0.25, 0.3) is 5.91 Å². The van der Waals surface area contributed by atoms with E-state index in [0.717, 1.165) is 50.0 Å². The fourth-order valence-corrected chi connectivity index (χ4v) is 6.80. The molecule has 1 saturated heterocycles. The monoisotopic (exact) mass is 620 g/mol. The summed E-state index contributed by atoms with van der Waals surface area (Å²) in [6.45, 7) is 13.4. The summed E-state index contributed by atoms with van der Waals surface area (Å²) in [5.41, 5.74) is 2.87. The molecule has 12 heteroatoms. The van der Waals surface area contributed by atoms with Crippen LogP contribution in [0.15, 0.2) is 18.3 Å². The van der Waals surface area contributed by atoms with Gasteiger partial charge in [0.1, 0.15) is 17.5 Å². The normalized spacial score (nSPS) is 21.0. The first-order valence-electron chi connectivity index (χ1n) is 16.5. The average Bonchev–Trinajstić information content (AvgIpc) is 3.72. The van der Waals surface area contributed by atoms with Crippen molar-refractivity contribution in [3.8, 4) is 5.75 Å². The van der Waals surface area contributed by atoms with Crippen LogP contribution in [0.4, 0.5) is 23.1 Å². The number of anilines is 4. The molecule has 1 aromatic heterocycles. The van der Waals surface area contributed by atoms with Gasteiger partial charge in [-0.3, -0.25) is 14.5 Å². The Balaban J connectivity index is 1.11. The molecular formula is C33H48N8O4. The van der Waals surface area contributed by atoms with Gasteiger partial charge in [-0.1, -0.05) is 6.92 Å². The van der Waals surface area contributed by atoms with Crippen LogP contribution >= 0.6 is 0 Å². The lowest BCUT2D eigenvalue weighted by molar-refractivity contribution is -0.120. The maximum atomic E-state index is 13.4. The van der Waals surface area contributed by atoms with Crippen LogP contribution in [-0.2, 0) is 16.0 Å². The second-order valence-electron chi connectivity index (χ2n) is 13.0. The minimum atomic E-state index is -0.282. The van der Waals surface area contributed by atoms with Crippen LogP contribution in [0.1, 0.15) is 56.0 Å². The van der Waals surface area contributed by atoms with Crippen molar-refractivity contribution in [3.63, 3.8) is 0 Å². The molecule has 2 aromatic rings. The first kappa shape index (κ1) is 31.5. The van der Waals surface area contributed by atoms with Gasteiger partial charge < -0.3 is 34.8 Å². The number of amides is 2. The van der Waals surface area contributed by atoms with E-state index in [-0.39, 0.29) is 30.0 Å². The van der Waals surface area contributed by atoms with E-state index in [1.807, 2.05) is 19.1 Å². The zero-order chi connectivity index (χ0) is 31.7. The summed E-state index contributed by atoms with van der Waals surface area (Å²) in [6, 6.07) is 3.49. The number of likely N-dealkylation sites (N-methyl/N-ethyl adjacent to an activating group) is 1. The number of rotatable bonds is 12. The Hall–Kier alpha value is -3.48. The molecule has 6 rings (SSSR count). The van der Waals surface area contributed by atoms with Gasteiger partial charge in [-0.15, -0.1) is 0 Å². The van der Waals surface area contributed by atoms with Crippen molar-refractivity contribution in [3.05, 3.63) is 29.5 Å². The van der Waals surface area contributed by atoms with E-state index < -0.39 is 0 Å². The Morgan fingerprint density at radius 2 is 1.91 bits per heavy atom. The largest absolute Gasteiger partial charge is 0.491 e. The molecule has 2 N–H and O–H groups in total. The second kappa shape index (κ2) is 13.5. The lowest BCUT2D eigenvalue weighted by atomic mass is 10.0. The second-order valence-corrected chi connectivity index (χ2v) is 13.0. The molecule has 1 aliphatic carbocycles. The molecule has 2 atom stereocenters. The molecule has 0 radical (unpaired) electrons. The van der Waals surface area contributed by atoms with Crippen molar-refractivity contribution in [1.82, 2.24) is 25.1 Å². The first-order chi connectivity index (χ1) is 21.8. The zero-order valence-corrected chi connectivity index (χ0v) is 27.3. The van der Waals surface area contributed by atoms with Gasteiger partial charge in [-0.05, 0) is 51.2 Å². The Labute approximate surface area is 266 Å². The molecule has 1 aromatic carbocycles. The first-order valence-corrected chi connectivity index (χ1v) is 16.5. The van der Waals surface area contributed by atoms with E-state index in [9.17, 15) is 9.59 Å². The molecule has 12 nitrogen and oxygen atoms in total. The number of ether oxygens (including phenoxy) is 2. The molecule has 45 heavy (non-hydrogen) atoms. The third-order valence-electron chi connectivity index (χ3n) is 9.56. The summed E-state index contributed by atoms with van der Waals surface area (Å²) >= 11 is 0. The minimum Gasteiger partial charge on any atom is -0.491 e. The van der Waals surface area contributed by atoms with E-state index >= 15 is 0 Å². The topological polar surface area (TPSA) is 115 Å². The number of hydrogen-bond acceptors (Lipinski definition) is 10. The highest BCUT2D eigenvalue weighted by Crippen LogP contribution is 2.40. The number of methoxy groups -OCH3 is 1. The highest BCUT2D eigenvalue weighted by atomic mass is 16.5. The van der Waals surface area contributed by atoms with Gasteiger partial charge in [0.2, 0.25) is 11.9 Å². The predicted molar refractivity (Wildman–Crippen MR) is 175 cm³/mol. The quantitative estimate of drug-likeness (QED) is 0.367. The zero-order valence-electron chi connectivity index (χ0n) is 27.3. The molecule has 0 unspecified atom stereocenters. The highest BCUT2D eigenvalue weighted by Gasteiger charge is 2.38. The van der Waals surface area contributed by atoms with E-state index in [0.29, 0.717) is 54.6 Å². The lowest BCUT2D eigenvalue weighted by Gasteiger charge is -2.42. The van der Waals surface area contributed by atoms with E-state index in [1.54, 1.807) is 25.3 Å². The van der Waals surface area contributed by atoms with Crippen molar-refractivity contribution in [2.75, 3.05) is 81.7 Å². The van der Waals surface area contributed by atoms with Crippen LogP contribution in [0.25, 0.3) is 0 Å². The molecule has 4 heterocycles. The van der Waals surface area contributed by atoms with Crippen molar-refractivity contribution >= 4 is 35.0 Å². The number of carbonyl (C=O) groups is 2. The maximum Gasteiger partial charge on any atom is 0.251 e. The number of piperazine rings is 1. The summed E-state index contributed by atoms with van der Waals surface area (Å²) in [5.74, 6) is 2.61. The molecular weight excluding hydrogens is 572 g/mol. The molecule has 4 aliphatic rings. The number of nitrogens with zero attached hydrogens (tertiary/aromatic N) is 6. The number of aromatic nitrogens is 2. The Bertz CT molecular complexity index is 1390. The van der Waals surface area contributed by atoms with Gasteiger partial charge in [0.05, 0.1) is 24.6 Å². The Morgan fingerprint density at radius 3 is 2.60 bits per heavy atom. The number of fused-ring (bicyclic) bond motifs is 2. The number of hydrogen-bond donors (Lipinski definition) is 2. The van der Waals surface area contributed by atoms with Crippen LogP contribution in [0, 0.1) is 5.92 Å². The fourth-order valence-electron chi connectivity index (χ4n) is 6.80. The Morgan fingerprint density at radius 1 is 1.16 bits per heavy atom. The van der Waals surface area contributed by atoms with E-state index in [1.165, 1.54) is 19.4 Å². The SMILES string of the molecule is CC[C@@H]1C(=O)N(C)c2cnc(Nc3ccc(C(=O)NC[C@@H](CN4CCN(CC5CC5)CC4)OC)c4c3OCC4)nc2N1C(C)C. The van der Waals surface area contributed by atoms with Gasteiger partial charge in [-0.2, -0.15) is 4.98 Å². The van der Waals surface area contributed by atoms with Gasteiger partial charge in [0, 0.05) is 83.6 Å². The predicted octanol–water partition coefficient (Wildman–Crippen LogP) is 2.90. The summed E-state index contributed by atoms with van der Waals surface area (Å²) in [4.78, 5) is 44.5. The minimum absolute atomic E-state index is 0.0434. The van der Waals surface area contributed by atoms with Crippen LogP contribution in [0.3, 0.4) is 0 Å². The molecule has 2 amide bonds. The average molecular weight is 621 g/mol. The van der Waals surface area contributed by atoms with Gasteiger partial charge in [-0.25, -0.2) is 4.98 Å². The molecule has 244 valence electrons. The smallest absolute Gasteiger partial charge is 0.251 e. The summed E-state index contributed by atoms with van der Waals surface area (Å²) < 4.78 is 11.8. The van der Waals surface area contributed by atoms with Crippen molar-refractivity contribution in [2.45, 2.75) is 64.6 Å². The third kappa shape index (κ3) is 6.73. The van der Waals surface area contributed by atoms with Gasteiger partial charge in [0.15, 0.2) is 5.82 Å². The van der Waals surface area contributed by atoms with Crippen LogP contribution in [0.5, 0.6) is 5.75 Å². The summed E-state index contributed by atoms with van der Waals surface area (Å²) in [6.07, 6.45) is 5.71. The molecule has 3 aliphatic heterocycles. The molecule has 0 spiro atoms. The summed E-state index contributed by atoms with van der Waals surface area (Å²) in [7, 11) is 3.49. The maximum absolute atomic E-state index is 13.4. The van der Waals surface area contributed by atoms with Crippen LogP contribution in [0.2, 0.25) is 0 Å². The van der Waals surface area contributed by atoms with Crippen molar-refractivity contribution < 1.29 is 19.1 Å². The molecule has 0 bridgehead atoms. The third-order valence-corrected chi connectivity index (χ3v) is 9.56. The summed E-state index contributed by atoms with van der Waals surface area (Å²) in [5, 5.41) is 6.43. The van der Waals surface area contributed by atoms with Crippen LogP contribution < -0.4 is 25.2 Å². The Kier molecular flexibility index (Phi) is 9.44. The molecule has 2 fully saturated rings.